The van der Waals surface area contributed by atoms with Gasteiger partial charge in [-0.05, 0) is 0 Å². The molecular weight excluding hydrogens is 196 g/mol. The molecule has 13 heavy (non-hydrogen) atoms. The van der Waals surface area contributed by atoms with E-state index in [9.17, 15) is 15.0 Å². The number of aliphatic hydroxyl groups is 3. The van der Waals surface area contributed by atoms with Gasteiger partial charge in [-0.15, -0.1) is 11.8 Å². The van der Waals surface area contributed by atoms with Crippen molar-refractivity contribution in [2.24, 2.45) is 0 Å². The Bertz CT molecular complexity index is 197. The van der Waals surface area contributed by atoms with E-state index in [-0.39, 0.29) is 0 Å². The maximum atomic E-state index is 10.6. The summed E-state index contributed by atoms with van der Waals surface area (Å²) in [5.41, 5.74) is -1.01. The summed E-state index contributed by atoms with van der Waals surface area (Å²) in [5, 5.41) is 27.7. The van der Waals surface area contributed by atoms with Crippen molar-refractivity contribution in [1.29, 1.82) is 0 Å². The molecule has 1 aliphatic rings. The van der Waals surface area contributed by atoms with E-state index in [1.807, 2.05) is 0 Å². The summed E-state index contributed by atoms with van der Waals surface area (Å²) in [6.45, 7) is 1.23. The van der Waals surface area contributed by atoms with Crippen molar-refractivity contribution in [3.63, 3.8) is 0 Å². The largest absolute Gasteiger partial charge is 0.459 e. The molecule has 1 fully saturated rings. The average molecular weight is 208 g/mol. The lowest BCUT2D eigenvalue weighted by molar-refractivity contribution is -0.158. The lowest BCUT2D eigenvalue weighted by Gasteiger charge is -2.33. The molecule has 0 aromatic carbocycles. The Labute approximate surface area is 79.7 Å². The van der Waals surface area contributed by atoms with E-state index in [4.69, 9.17) is 9.84 Å². The van der Waals surface area contributed by atoms with E-state index < -0.39 is 29.7 Å². The Morgan fingerprint density at radius 1 is 1.38 bits per heavy atom. The van der Waals surface area contributed by atoms with Crippen LogP contribution in [-0.2, 0) is 9.53 Å². The standard InChI is InChI=1S/C7H12O5S/c1-3(8)12-4-2-13-7(11)6(10)5(4)9/h4-7,9-11H,2H2,1H3/t4-,5+,6-,7-/m1/s1. The maximum Gasteiger partial charge on any atom is 0.303 e. The Morgan fingerprint density at radius 2 is 2.00 bits per heavy atom. The fraction of sp³-hybridized carbons (Fsp3) is 0.857. The first-order chi connectivity index (χ1) is 6.02. The molecule has 0 unspecified atom stereocenters. The molecule has 5 nitrogen and oxygen atoms in total. The highest BCUT2D eigenvalue weighted by molar-refractivity contribution is 7.99. The van der Waals surface area contributed by atoms with E-state index in [0.29, 0.717) is 5.75 Å². The van der Waals surface area contributed by atoms with Crippen LogP contribution >= 0.6 is 11.8 Å². The van der Waals surface area contributed by atoms with Gasteiger partial charge in [-0.25, -0.2) is 0 Å². The highest BCUT2D eigenvalue weighted by atomic mass is 32.2. The number of hydrogen-bond donors (Lipinski definition) is 3. The minimum Gasteiger partial charge on any atom is -0.459 e. The topological polar surface area (TPSA) is 87.0 Å². The molecule has 0 saturated carbocycles. The number of hydrogen-bond acceptors (Lipinski definition) is 6. The first-order valence-electron chi connectivity index (χ1n) is 3.85. The summed E-state index contributed by atoms with van der Waals surface area (Å²) in [6, 6.07) is 0. The fourth-order valence-corrected chi connectivity index (χ4v) is 2.11. The fourth-order valence-electron chi connectivity index (χ4n) is 1.10. The summed E-state index contributed by atoms with van der Waals surface area (Å²) in [6.07, 6.45) is -3.20. The molecule has 1 aliphatic heterocycles. The van der Waals surface area contributed by atoms with Crippen LogP contribution in [0.3, 0.4) is 0 Å². The average Bonchev–Trinajstić information content (AvgIpc) is 2.06. The second-order valence-electron chi connectivity index (χ2n) is 2.85. The number of carbonyl (C=O) groups excluding carboxylic acids is 1. The lowest BCUT2D eigenvalue weighted by Crippen LogP contribution is -2.50. The van der Waals surface area contributed by atoms with Crippen molar-refractivity contribution in [3.8, 4) is 0 Å². The quantitative estimate of drug-likeness (QED) is 0.465. The molecule has 0 aromatic heterocycles. The van der Waals surface area contributed by atoms with Gasteiger partial charge in [0.1, 0.15) is 23.7 Å². The maximum absolute atomic E-state index is 10.6. The molecular formula is C7H12O5S. The molecule has 0 spiro atoms. The van der Waals surface area contributed by atoms with E-state index in [1.54, 1.807) is 0 Å². The molecule has 1 rings (SSSR count). The molecule has 1 saturated heterocycles. The minimum absolute atomic E-state index is 0.291. The van der Waals surface area contributed by atoms with Crippen LogP contribution < -0.4 is 0 Å². The molecule has 0 aliphatic carbocycles. The van der Waals surface area contributed by atoms with Crippen LogP contribution in [0.2, 0.25) is 0 Å². The van der Waals surface area contributed by atoms with Gasteiger partial charge in [0.2, 0.25) is 0 Å². The Kier molecular flexibility index (Phi) is 3.55. The third kappa shape index (κ3) is 2.57. The first-order valence-corrected chi connectivity index (χ1v) is 4.90. The summed E-state index contributed by atoms with van der Waals surface area (Å²) in [4.78, 5) is 10.6. The number of esters is 1. The van der Waals surface area contributed by atoms with Crippen molar-refractivity contribution in [3.05, 3.63) is 0 Å². The van der Waals surface area contributed by atoms with Gasteiger partial charge >= 0.3 is 5.97 Å². The molecule has 76 valence electrons. The van der Waals surface area contributed by atoms with Crippen LogP contribution in [0.15, 0.2) is 0 Å². The van der Waals surface area contributed by atoms with Crippen molar-refractivity contribution >= 4 is 17.7 Å². The first kappa shape index (κ1) is 10.8. The normalized spacial score (nSPS) is 40.0. The van der Waals surface area contributed by atoms with E-state index in [1.165, 1.54) is 6.92 Å². The highest BCUT2D eigenvalue weighted by Crippen LogP contribution is 2.26. The van der Waals surface area contributed by atoms with Crippen molar-refractivity contribution in [1.82, 2.24) is 0 Å². The van der Waals surface area contributed by atoms with Gasteiger partial charge in [-0.1, -0.05) is 0 Å². The van der Waals surface area contributed by atoms with E-state index >= 15 is 0 Å². The highest BCUT2D eigenvalue weighted by Gasteiger charge is 2.38. The van der Waals surface area contributed by atoms with Crippen molar-refractivity contribution < 1.29 is 24.9 Å². The molecule has 4 atom stereocenters. The SMILES string of the molecule is CC(=O)O[C@@H]1CS[C@@H](O)[C@H](O)[C@H]1O. The number of ether oxygens (including phenoxy) is 1. The van der Waals surface area contributed by atoms with Gasteiger partial charge in [0.25, 0.3) is 0 Å². The van der Waals surface area contributed by atoms with Crippen molar-refractivity contribution in [2.75, 3.05) is 5.75 Å². The van der Waals surface area contributed by atoms with Crippen LogP contribution in [0.5, 0.6) is 0 Å². The van der Waals surface area contributed by atoms with E-state index in [0.717, 1.165) is 11.8 Å². The smallest absolute Gasteiger partial charge is 0.303 e. The molecule has 0 aromatic rings. The number of thioether (sulfide) groups is 1. The molecule has 0 radical (unpaired) electrons. The van der Waals surface area contributed by atoms with Gasteiger partial charge in [-0.3, -0.25) is 4.79 Å². The second-order valence-corrected chi connectivity index (χ2v) is 4.00. The summed E-state index contributed by atoms with van der Waals surface area (Å²) < 4.78 is 4.74. The second kappa shape index (κ2) is 4.28. The molecule has 3 N–H and O–H groups in total. The third-order valence-corrected chi connectivity index (χ3v) is 2.91. The predicted molar refractivity (Wildman–Crippen MR) is 46.0 cm³/mol. The van der Waals surface area contributed by atoms with Crippen LogP contribution in [0, 0.1) is 0 Å². The summed E-state index contributed by atoms with van der Waals surface area (Å²) >= 11 is 1.05. The zero-order valence-corrected chi connectivity index (χ0v) is 7.90. The third-order valence-electron chi connectivity index (χ3n) is 1.77. The Morgan fingerprint density at radius 3 is 2.54 bits per heavy atom. The van der Waals surface area contributed by atoms with Gasteiger partial charge in [0.05, 0.1) is 0 Å². The molecule has 1 heterocycles. The Balaban J connectivity index is 2.53. The van der Waals surface area contributed by atoms with Crippen LogP contribution in [0.4, 0.5) is 0 Å². The van der Waals surface area contributed by atoms with E-state index in [2.05, 4.69) is 0 Å². The number of rotatable bonds is 1. The monoisotopic (exact) mass is 208 g/mol. The van der Waals surface area contributed by atoms with Crippen LogP contribution in [0.25, 0.3) is 0 Å². The van der Waals surface area contributed by atoms with Gasteiger partial charge in [0.15, 0.2) is 0 Å². The van der Waals surface area contributed by atoms with Gasteiger partial charge in [-0.2, -0.15) is 0 Å². The number of aliphatic hydroxyl groups excluding tert-OH is 3. The van der Waals surface area contributed by atoms with Gasteiger partial charge < -0.3 is 20.1 Å². The van der Waals surface area contributed by atoms with Gasteiger partial charge in [0, 0.05) is 12.7 Å². The molecule has 0 bridgehead atoms. The zero-order valence-electron chi connectivity index (χ0n) is 7.08. The van der Waals surface area contributed by atoms with Crippen LogP contribution in [0.1, 0.15) is 6.92 Å². The molecule has 0 amide bonds. The van der Waals surface area contributed by atoms with Crippen molar-refractivity contribution in [2.45, 2.75) is 30.7 Å². The Hall–Kier alpha value is -0.300. The lowest BCUT2D eigenvalue weighted by atomic mass is 10.1. The molecule has 6 heteroatoms. The summed E-state index contributed by atoms with van der Waals surface area (Å²) in [7, 11) is 0. The summed E-state index contributed by atoms with van der Waals surface area (Å²) in [5.74, 6) is -0.216. The predicted octanol–water partition coefficient (Wildman–Crippen LogP) is -1.29. The number of carbonyl (C=O) groups is 1. The zero-order chi connectivity index (χ0) is 10.0. The minimum atomic E-state index is -1.26. The van der Waals surface area contributed by atoms with Crippen LogP contribution in [-0.4, -0.2) is 50.8 Å².